The number of hydrogen-bond donors (Lipinski definition) is 2. The number of amides is 1. The zero-order chi connectivity index (χ0) is 18.1. The maximum Gasteiger partial charge on any atom is 0.319 e. The first-order valence-electron chi connectivity index (χ1n) is 7.39. The molecule has 0 heterocycles. The number of nitrogens with one attached hydrogen (secondary N) is 1. The first-order chi connectivity index (χ1) is 11.1. The zero-order valence-corrected chi connectivity index (χ0v) is 14.5. The number of anilines is 1. The molecule has 0 unspecified atom stereocenters. The van der Waals surface area contributed by atoms with Crippen LogP contribution in [0.1, 0.15) is 19.8 Å². The van der Waals surface area contributed by atoms with Gasteiger partial charge in [0.25, 0.3) is 0 Å². The van der Waals surface area contributed by atoms with Crippen LogP contribution in [0, 0.1) is 5.41 Å². The van der Waals surface area contributed by atoms with E-state index in [1.807, 2.05) is 0 Å². The van der Waals surface area contributed by atoms with Crippen LogP contribution in [0.5, 0.6) is 5.75 Å². The van der Waals surface area contributed by atoms with Crippen molar-refractivity contribution in [3.63, 3.8) is 0 Å². The van der Waals surface area contributed by atoms with Gasteiger partial charge in [0.15, 0.2) is 0 Å². The van der Waals surface area contributed by atoms with E-state index in [1.54, 1.807) is 6.92 Å². The minimum Gasteiger partial charge on any atom is -0.492 e. The standard InChI is InChI=1S/C15H20N2O6S/c1-4-23-11-6-5-10(9-12(11)24(21,22)17(2)3)16-13(18)15(7-8-15)14(19)20/h5-6,9H,4,7-8H2,1-3H3,(H,16,18)(H,19,20). The maximum absolute atomic E-state index is 12.4. The van der Waals surface area contributed by atoms with Crippen molar-refractivity contribution in [3.8, 4) is 5.75 Å². The van der Waals surface area contributed by atoms with Crippen LogP contribution in [0.2, 0.25) is 0 Å². The number of rotatable bonds is 7. The number of ether oxygens (including phenoxy) is 1. The summed E-state index contributed by atoms with van der Waals surface area (Å²) in [6.07, 6.45) is 0.544. The van der Waals surface area contributed by atoms with Gasteiger partial charge in [-0.3, -0.25) is 9.59 Å². The van der Waals surface area contributed by atoms with E-state index in [2.05, 4.69) is 5.32 Å². The minimum atomic E-state index is -3.78. The minimum absolute atomic E-state index is 0.0904. The number of carbonyl (C=O) groups excluding carboxylic acids is 1. The molecule has 1 amide bonds. The predicted octanol–water partition coefficient (Wildman–Crippen LogP) is 1.14. The van der Waals surface area contributed by atoms with E-state index in [9.17, 15) is 18.0 Å². The molecule has 1 fully saturated rings. The molecular formula is C15H20N2O6S. The van der Waals surface area contributed by atoms with Gasteiger partial charge in [0.05, 0.1) is 6.61 Å². The summed E-state index contributed by atoms with van der Waals surface area (Å²) in [6.45, 7) is 2.01. The third kappa shape index (κ3) is 3.22. The van der Waals surface area contributed by atoms with Gasteiger partial charge in [0.1, 0.15) is 16.1 Å². The van der Waals surface area contributed by atoms with E-state index in [-0.39, 0.29) is 35.8 Å². The first-order valence-corrected chi connectivity index (χ1v) is 8.83. The Kier molecular flexibility index (Phi) is 4.86. The molecule has 0 spiro atoms. The van der Waals surface area contributed by atoms with Crippen LogP contribution >= 0.6 is 0 Å². The zero-order valence-electron chi connectivity index (χ0n) is 13.7. The molecule has 1 aliphatic carbocycles. The van der Waals surface area contributed by atoms with Crippen molar-refractivity contribution in [1.29, 1.82) is 0 Å². The SMILES string of the molecule is CCOc1ccc(NC(=O)C2(C(=O)O)CC2)cc1S(=O)(=O)N(C)C. The van der Waals surface area contributed by atoms with Crippen molar-refractivity contribution in [2.75, 3.05) is 26.0 Å². The van der Waals surface area contributed by atoms with Crippen molar-refractivity contribution in [1.82, 2.24) is 4.31 Å². The number of sulfonamides is 1. The number of nitrogens with zero attached hydrogens (tertiary/aromatic N) is 1. The molecule has 1 aromatic carbocycles. The van der Waals surface area contributed by atoms with Crippen molar-refractivity contribution >= 4 is 27.6 Å². The summed E-state index contributed by atoms with van der Waals surface area (Å²) in [5, 5.41) is 11.6. The van der Waals surface area contributed by atoms with Gasteiger partial charge < -0.3 is 15.2 Å². The topological polar surface area (TPSA) is 113 Å². The van der Waals surface area contributed by atoms with Gasteiger partial charge in [0.2, 0.25) is 15.9 Å². The second-order valence-electron chi connectivity index (χ2n) is 5.72. The van der Waals surface area contributed by atoms with Crippen molar-refractivity contribution < 1.29 is 27.9 Å². The molecule has 0 saturated heterocycles. The molecule has 1 saturated carbocycles. The molecule has 0 bridgehead atoms. The summed E-state index contributed by atoms with van der Waals surface area (Å²) in [7, 11) is -1.01. The number of carboxylic acid groups (broad SMARTS) is 1. The summed E-state index contributed by atoms with van der Waals surface area (Å²) in [5.41, 5.74) is -1.20. The number of benzene rings is 1. The second kappa shape index (κ2) is 6.40. The van der Waals surface area contributed by atoms with Crippen molar-refractivity contribution in [2.45, 2.75) is 24.7 Å². The summed E-state index contributed by atoms with van der Waals surface area (Å²) in [4.78, 5) is 23.3. The van der Waals surface area contributed by atoms with Gasteiger partial charge in [-0.15, -0.1) is 0 Å². The van der Waals surface area contributed by atoms with Gasteiger partial charge in [-0.2, -0.15) is 0 Å². The Morgan fingerprint density at radius 2 is 1.96 bits per heavy atom. The van der Waals surface area contributed by atoms with Gasteiger partial charge in [-0.05, 0) is 38.0 Å². The molecule has 0 aromatic heterocycles. The molecule has 9 heteroatoms. The Hall–Kier alpha value is -2.13. The lowest BCUT2D eigenvalue weighted by Crippen LogP contribution is -2.31. The Morgan fingerprint density at radius 3 is 2.42 bits per heavy atom. The predicted molar refractivity (Wildman–Crippen MR) is 86.4 cm³/mol. The van der Waals surface area contributed by atoms with Crippen LogP contribution in [0.3, 0.4) is 0 Å². The van der Waals surface area contributed by atoms with Gasteiger partial charge >= 0.3 is 5.97 Å². The molecular weight excluding hydrogens is 336 g/mol. The highest BCUT2D eigenvalue weighted by molar-refractivity contribution is 7.89. The summed E-state index contributed by atoms with van der Waals surface area (Å²) in [5.74, 6) is -1.65. The highest BCUT2D eigenvalue weighted by Gasteiger charge is 2.57. The lowest BCUT2D eigenvalue weighted by Gasteiger charge is -2.17. The van der Waals surface area contributed by atoms with Crippen molar-refractivity contribution in [2.24, 2.45) is 5.41 Å². The lowest BCUT2D eigenvalue weighted by atomic mass is 10.1. The molecule has 2 rings (SSSR count). The Bertz CT molecular complexity index is 768. The van der Waals surface area contributed by atoms with Crippen LogP contribution in [0.25, 0.3) is 0 Å². The highest BCUT2D eigenvalue weighted by Crippen LogP contribution is 2.47. The van der Waals surface area contributed by atoms with Gasteiger partial charge in [0, 0.05) is 19.8 Å². The summed E-state index contributed by atoms with van der Waals surface area (Å²) < 4.78 is 31.2. The van der Waals surface area contributed by atoms with Gasteiger partial charge in [-0.1, -0.05) is 0 Å². The number of carbonyl (C=O) groups is 2. The normalized spacial score (nSPS) is 15.8. The van der Waals surface area contributed by atoms with Crippen LogP contribution in [-0.2, 0) is 19.6 Å². The summed E-state index contributed by atoms with van der Waals surface area (Å²) >= 11 is 0. The molecule has 1 aliphatic rings. The Labute approximate surface area is 140 Å². The van der Waals surface area contributed by atoms with Gasteiger partial charge in [-0.25, -0.2) is 12.7 Å². The van der Waals surface area contributed by atoms with Crippen LogP contribution < -0.4 is 10.1 Å². The highest BCUT2D eigenvalue weighted by atomic mass is 32.2. The average molecular weight is 356 g/mol. The van der Waals surface area contributed by atoms with Crippen LogP contribution in [0.15, 0.2) is 23.1 Å². The van der Waals surface area contributed by atoms with Crippen LogP contribution in [-0.4, -0.2) is 50.4 Å². The Morgan fingerprint density at radius 1 is 1.33 bits per heavy atom. The molecule has 0 atom stereocenters. The Balaban J connectivity index is 2.37. The number of aliphatic carboxylic acids is 1. The molecule has 0 radical (unpaired) electrons. The van der Waals surface area contributed by atoms with E-state index in [0.29, 0.717) is 0 Å². The monoisotopic (exact) mass is 356 g/mol. The van der Waals surface area contributed by atoms with E-state index in [4.69, 9.17) is 9.84 Å². The third-order valence-corrected chi connectivity index (χ3v) is 5.69. The number of carboxylic acids is 1. The molecule has 1 aromatic rings. The third-order valence-electron chi connectivity index (χ3n) is 3.85. The fourth-order valence-electron chi connectivity index (χ4n) is 2.17. The van der Waals surface area contributed by atoms with Crippen molar-refractivity contribution in [3.05, 3.63) is 18.2 Å². The van der Waals surface area contributed by atoms with E-state index < -0.39 is 27.3 Å². The van der Waals surface area contributed by atoms with E-state index in [1.165, 1.54) is 32.3 Å². The lowest BCUT2D eigenvalue weighted by molar-refractivity contribution is -0.147. The second-order valence-corrected chi connectivity index (χ2v) is 7.84. The van der Waals surface area contributed by atoms with Crippen LogP contribution in [0.4, 0.5) is 5.69 Å². The fourth-order valence-corrected chi connectivity index (χ4v) is 3.22. The maximum atomic E-state index is 12.4. The summed E-state index contributed by atoms with van der Waals surface area (Å²) in [6, 6.07) is 4.20. The quantitative estimate of drug-likeness (QED) is 0.708. The molecule has 24 heavy (non-hydrogen) atoms. The number of hydrogen-bond acceptors (Lipinski definition) is 5. The largest absolute Gasteiger partial charge is 0.492 e. The molecule has 132 valence electrons. The van der Waals surface area contributed by atoms with E-state index >= 15 is 0 Å². The average Bonchev–Trinajstić information content (AvgIpc) is 3.30. The fraction of sp³-hybridized carbons (Fsp3) is 0.467. The first kappa shape index (κ1) is 18.2. The van der Waals surface area contributed by atoms with E-state index in [0.717, 1.165) is 4.31 Å². The molecule has 2 N–H and O–H groups in total. The molecule has 8 nitrogen and oxygen atoms in total. The smallest absolute Gasteiger partial charge is 0.319 e. The molecule has 0 aliphatic heterocycles.